The molecule has 0 saturated carbocycles. The predicted octanol–water partition coefficient (Wildman–Crippen LogP) is 18.0. The van der Waals surface area contributed by atoms with E-state index in [0.29, 0.717) is 25.6 Å². The summed E-state index contributed by atoms with van der Waals surface area (Å²) in [6, 6.07) is 63.4. The van der Waals surface area contributed by atoms with E-state index < -0.39 is 77.2 Å². The van der Waals surface area contributed by atoms with Crippen LogP contribution in [0.2, 0.25) is 0 Å². The number of hydrogen-bond acceptors (Lipinski definition) is 14. The Balaban J connectivity index is 0.000000303. The number of ketones is 1. The normalized spacial score (nSPS) is 12.4. The van der Waals surface area contributed by atoms with E-state index in [0.717, 1.165) is 47.9 Å². The Morgan fingerprint density at radius 1 is 0.337 bits per heavy atom. The number of carboxylic acid groups (broad SMARTS) is 2. The lowest BCUT2D eigenvalue weighted by Gasteiger charge is -2.27. The Bertz CT molecular complexity index is 3730. The molecule has 0 aliphatic rings. The lowest BCUT2D eigenvalue weighted by Crippen LogP contribution is -2.28. The van der Waals surface area contributed by atoms with Crippen LogP contribution in [0.4, 0.5) is 0 Å². The zero-order valence-corrected chi connectivity index (χ0v) is 61.6. The number of aliphatic hydroxyl groups excluding tert-OH is 2. The fourth-order valence-electron chi connectivity index (χ4n) is 8.41. The standard InChI is InChI=1S/C19H22O3.C18H20O3.C13H17BrO3.C9H9BrO3.C8H7BrO3.C8H7BrO/c1-19(2,3)22-17(18(20)21-4)16-13-9-8-12-15(16)14-10-6-5-7-11-14;1-18(2,3)21-16(17(19)20)15-12-8-7-11-14(15)13-9-5-4-6-10-13;1-13(2,3)17-11(12(15)16-4)9-7-5-6-8-10(9)14;1-13-9(12)8(11)6-4-2-3-5-7(6)10;9-6-4-2-1-3-5(6)7(10)8(11)12;1-6(10)7-4-2-3-5-8(7)9/h5-13,17H,1-4H3;4-12,16H,1-3H3,(H,19,20);5-8,11H,1-4H3;2-5,8,11H,1H3;1-4,7,10H,(H,11,12);2-5H,1H3. The van der Waals surface area contributed by atoms with Gasteiger partial charge in [0.25, 0.3) is 0 Å². The average Bonchev–Trinajstić information content (AvgIpc) is 0.832. The number of rotatable bonds is 16. The molecule has 5 atom stereocenters. The van der Waals surface area contributed by atoms with Crippen molar-refractivity contribution in [1.82, 2.24) is 0 Å². The van der Waals surface area contributed by atoms with Crippen LogP contribution < -0.4 is 0 Å². The molecule has 0 amide bonds. The first-order chi connectivity index (χ1) is 44.7. The van der Waals surface area contributed by atoms with Crippen LogP contribution in [-0.4, -0.2) is 94.2 Å². The van der Waals surface area contributed by atoms with Gasteiger partial charge in [-0.15, -0.1) is 0 Å². The van der Waals surface area contributed by atoms with E-state index in [2.05, 4.69) is 68.5 Å². The molecule has 506 valence electrons. The number of carboxylic acids is 2. The van der Waals surface area contributed by atoms with Crippen molar-refractivity contribution < 1.29 is 77.6 Å². The molecule has 0 aliphatic carbocycles. The summed E-state index contributed by atoms with van der Waals surface area (Å²) in [7, 11) is 3.98. The van der Waals surface area contributed by atoms with Crippen LogP contribution in [0.5, 0.6) is 0 Å². The monoisotopic (exact) mass is 1550 g/mol. The van der Waals surface area contributed by atoms with Gasteiger partial charge in [0.2, 0.25) is 0 Å². The molecule has 20 heteroatoms. The summed E-state index contributed by atoms with van der Waals surface area (Å²) in [6.07, 6.45) is -5.13. The maximum Gasteiger partial charge on any atom is 0.339 e. The minimum atomic E-state index is -1.46. The van der Waals surface area contributed by atoms with Crippen molar-refractivity contribution in [3.63, 3.8) is 0 Å². The van der Waals surface area contributed by atoms with E-state index in [1.54, 1.807) is 61.5 Å². The van der Waals surface area contributed by atoms with E-state index in [4.69, 9.17) is 33.9 Å². The third-order valence-electron chi connectivity index (χ3n) is 12.6. The summed E-state index contributed by atoms with van der Waals surface area (Å²) < 4.78 is 34.6. The Kier molecular flexibility index (Phi) is 34.5. The largest absolute Gasteiger partial charge is 0.479 e. The third-order valence-corrected chi connectivity index (χ3v) is 15.5. The number of halogens is 4. The molecule has 0 aliphatic heterocycles. The van der Waals surface area contributed by atoms with E-state index >= 15 is 0 Å². The molecule has 0 spiro atoms. The van der Waals surface area contributed by atoms with Crippen molar-refractivity contribution in [3.8, 4) is 22.3 Å². The van der Waals surface area contributed by atoms with E-state index in [1.165, 1.54) is 21.3 Å². The Hall–Kier alpha value is -7.50. The van der Waals surface area contributed by atoms with Gasteiger partial charge in [0.05, 0.1) is 38.1 Å². The second kappa shape index (κ2) is 40.1. The summed E-state index contributed by atoms with van der Waals surface area (Å²) in [5.74, 6) is -3.58. The van der Waals surface area contributed by atoms with Crippen LogP contribution in [-0.2, 0) is 52.4 Å². The van der Waals surface area contributed by atoms with Gasteiger partial charge in [-0.25, -0.2) is 24.0 Å². The minimum absolute atomic E-state index is 0.0903. The van der Waals surface area contributed by atoms with Gasteiger partial charge in [-0.1, -0.05) is 246 Å². The van der Waals surface area contributed by atoms with Gasteiger partial charge in [0.1, 0.15) is 0 Å². The highest BCUT2D eigenvalue weighted by Crippen LogP contribution is 2.36. The number of aliphatic hydroxyl groups is 2. The highest BCUT2D eigenvalue weighted by atomic mass is 79.9. The van der Waals surface area contributed by atoms with Gasteiger partial charge in [-0.05, 0) is 127 Å². The van der Waals surface area contributed by atoms with Gasteiger partial charge in [-0.3, -0.25) is 4.79 Å². The molecule has 0 fully saturated rings. The predicted molar refractivity (Wildman–Crippen MR) is 382 cm³/mol. The Labute approximate surface area is 590 Å². The van der Waals surface area contributed by atoms with E-state index in [-0.39, 0.29) is 5.78 Å². The first kappa shape index (κ1) is 81.7. The van der Waals surface area contributed by atoms with Crippen LogP contribution in [0, 0.1) is 0 Å². The number of benzene rings is 8. The molecule has 0 heterocycles. The van der Waals surface area contributed by atoms with Crippen molar-refractivity contribution in [2.45, 2.75) is 117 Å². The highest BCUT2D eigenvalue weighted by Gasteiger charge is 2.32. The summed E-state index contributed by atoms with van der Waals surface area (Å²) in [5, 5.41) is 36.6. The van der Waals surface area contributed by atoms with Gasteiger partial charge in [0.15, 0.2) is 36.3 Å². The van der Waals surface area contributed by atoms with Crippen molar-refractivity contribution in [1.29, 1.82) is 0 Å². The maximum atomic E-state index is 12.2. The Morgan fingerprint density at radius 3 is 0.937 bits per heavy atom. The molecule has 0 bridgehead atoms. The number of ether oxygens (including phenoxy) is 6. The van der Waals surface area contributed by atoms with Crippen molar-refractivity contribution in [2.24, 2.45) is 0 Å². The number of hydrogen-bond donors (Lipinski definition) is 4. The van der Waals surface area contributed by atoms with Crippen molar-refractivity contribution in [3.05, 3.63) is 258 Å². The summed E-state index contributed by atoms with van der Waals surface area (Å²) in [5.41, 5.74) is 6.35. The lowest BCUT2D eigenvalue weighted by atomic mass is 9.95. The number of esters is 3. The maximum absolute atomic E-state index is 12.2. The number of carbonyl (C=O) groups excluding carboxylic acids is 4. The topological polar surface area (TPSA) is 239 Å². The number of carbonyl (C=O) groups is 6. The molecular formula is C75H82Br4O16. The van der Waals surface area contributed by atoms with Gasteiger partial charge < -0.3 is 48.8 Å². The summed E-state index contributed by atoms with van der Waals surface area (Å²) >= 11 is 13.1. The second-order valence-corrected chi connectivity index (χ2v) is 26.8. The minimum Gasteiger partial charge on any atom is -0.479 e. The van der Waals surface area contributed by atoms with Gasteiger partial charge >= 0.3 is 29.8 Å². The van der Waals surface area contributed by atoms with Gasteiger partial charge in [-0.2, -0.15) is 0 Å². The summed E-state index contributed by atoms with van der Waals surface area (Å²) in [4.78, 5) is 67.8. The van der Waals surface area contributed by atoms with Gasteiger partial charge in [0, 0.05) is 40.1 Å². The first-order valence-electron chi connectivity index (χ1n) is 29.5. The van der Waals surface area contributed by atoms with Crippen LogP contribution in [0.3, 0.4) is 0 Å². The van der Waals surface area contributed by atoms with Crippen LogP contribution in [0.1, 0.15) is 138 Å². The third kappa shape index (κ3) is 28.4. The molecule has 0 saturated heterocycles. The fourth-order valence-corrected chi connectivity index (χ4v) is 10.5. The smallest absolute Gasteiger partial charge is 0.339 e. The zero-order chi connectivity index (χ0) is 71.2. The molecular weight excluding hydrogens is 1480 g/mol. The van der Waals surface area contributed by atoms with Crippen LogP contribution in [0.15, 0.2) is 224 Å². The van der Waals surface area contributed by atoms with Crippen LogP contribution >= 0.6 is 63.7 Å². The quantitative estimate of drug-likeness (QED) is 0.0400. The average molecular weight is 1560 g/mol. The van der Waals surface area contributed by atoms with Crippen LogP contribution in [0.25, 0.3) is 22.3 Å². The molecule has 0 radical (unpaired) electrons. The van der Waals surface area contributed by atoms with Crippen molar-refractivity contribution in [2.75, 3.05) is 21.3 Å². The number of methoxy groups -OCH3 is 3. The second-order valence-electron chi connectivity index (χ2n) is 23.4. The molecule has 0 aromatic heterocycles. The first-order valence-corrected chi connectivity index (χ1v) is 32.7. The number of Topliss-reactive ketones (excluding diaryl/α,β-unsaturated/α-hetero) is 1. The molecule has 4 N–H and O–H groups in total. The zero-order valence-electron chi connectivity index (χ0n) is 55.2. The molecule has 5 unspecified atom stereocenters. The van der Waals surface area contributed by atoms with E-state index in [1.807, 2.05) is 214 Å². The highest BCUT2D eigenvalue weighted by molar-refractivity contribution is 9.11. The Morgan fingerprint density at radius 2 is 0.621 bits per heavy atom. The molecule has 16 nitrogen and oxygen atoms in total. The van der Waals surface area contributed by atoms with Crippen molar-refractivity contribution >= 4 is 99.3 Å². The van der Waals surface area contributed by atoms with E-state index in [9.17, 15) is 39.0 Å². The molecule has 95 heavy (non-hydrogen) atoms. The SMILES string of the molecule is CC(=O)c1ccccc1Br.CC(C)(C)OC(C(=O)O)c1ccccc1-c1ccccc1.COC(=O)C(O)c1ccccc1Br.COC(=O)C(OC(C)(C)C)c1ccccc1-c1ccccc1.COC(=O)C(OC(C)(C)C)c1ccccc1Br.O=C(O)C(O)c1ccccc1Br. The number of aliphatic carboxylic acids is 2. The molecule has 8 aromatic carbocycles. The molecule has 8 aromatic rings. The lowest BCUT2D eigenvalue weighted by molar-refractivity contribution is -0.164. The summed E-state index contributed by atoms with van der Waals surface area (Å²) in [6.45, 7) is 18.6. The molecule has 8 rings (SSSR count). The fraction of sp³-hybridized carbons (Fsp3) is 0.280.